The maximum absolute atomic E-state index is 12.5. The zero-order chi connectivity index (χ0) is 16.9. The molecule has 1 saturated carbocycles. The van der Waals surface area contributed by atoms with Crippen LogP contribution < -0.4 is 13.9 Å². The molecular formula is C17H21N3O3S. The number of hydrogen-bond donors (Lipinski definition) is 1. The van der Waals surface area contributed by atoms with Gasteiger partial charge in [0.15, 0.2) is 0 Å². The number of para-hydroxylation sites is 2. The van der Waals surface area contributed by atoms with Gasteiger partial charge in [0, 0.05) is 19.5 Å². The van der Waals surface area contributed by atoms with Crippen molar-refractivity contribution in [3.8, 4) is 0 Å². The summed E-state index contributed by atoms with van der Waals surface area (Å²) in [6, 6.07) is 7.21. The minimum atomic E-state index is -3.55. The first-order valence-corrected chi connectivity index (χ1v) is 9.70. The van der Waals surface area contributed by atoms with Crippen molar-refractivity contribution < 1.29 is 13.2 Å². The molecule has 1 N–H and O–H groups in total. The van der Waals surface area contributed by atoms with Crippen molar-refractivity contribution in [2.75, 3.05) is 28.7 Å². The van der Waals surface area contributed by atoms with E-state index in [1.807, 2.05) is 12.1 Å². The number of amides is 1. The Hall–Kier alpha value is -2.02. The second-order valence-corrected chi connectivity index (χ2v) is 8.60. The van der Waals surface area contributed by atoms with Crippen LogP contribution in [0.15, 0.2) is 36.4 Å². The van der Waals surface area contributed by atoms with Crippen molar-refractivity contribution in [3.63, 3.8) is 0 Å². The summed E-state index contributed by atoms with van der Waals surface area (Å²) in [7, 11) is -2.00. The van der Waals surface area contributed by atoms with Gasteiger partial charge in [-0.15, -0.1) is 0 Å². The van der Waals surface area contributed by atoms with Gasteiger partial charge < -0.3 is 5.32 Å². The molecule has 2 bridgehead atoms. The Morgan fingerprint density at radius 2 is 1.96 bits per heavy atom. The summed E-state index contributed by atoms with van der Waals surface area (Å²) >= 11 is 0. The molecule has 0 spiro atoms. The molecule has 0 aromatic heterocycles. The molecule has 1 fully saturated rings. The molecule has 6 nitrogen and oxygen atoms in total. The largest absolute Gasteiger partial charge is 0.354 e. The Morgan fingerprint density at radius 3 is 2.62 bits per heavy atom. The SMILES string of the molecule is CN1c2ccccc2N(CCNC(=O)[C@@H]2C[C@H]3C=C[C@H]2C3)S1(=O)=O. The van der Waals surface area contributed by atoms with E-state index in [0.29, 0.717) is 29.8 Å². The van der Waals surface area contributed by atoms with Gasteiger partial charge in [0.25, 0.3) is 0 Å². The van der Waals surface area contributed by atoms with Crippen LogP contribution in [0.5, 0.6) is 0 Å². The average molecular weight is 347 g/mol. The van der Waals surface area contributed by atoms with Crippen LogP contribution in [0.1, 0.15) is 12.8 Å². The number of carbonyl (C=O) groups excluding carboxylic acids is 1. The minimum Gasteiger partial charge on any atom is -0.354 e. The highest BCUT2D eigenvalue weighted by Gasteiger charge is 2.40. The van der Waals surface area contributed by atoms with E-state index in [2.05, 4.69) is 17.5 Å². The van der Waals surface area contributed by atoms with E-state index in [-0.39, 0.29) is 18.4 Å². The molecule has 128 valence electrons. The molecule has 4 rings (SSSR count). The highest BCUT2D eigenvalue weighted by molar-refractivity contribution is 7.94. The van der Waals surface area contributed by atoms with Gasteiger partial charge in [0.05, 0.1) is 17.9 Å². The second-order valence-electron chi connectivity index (χ2n) is 6.71. The molecule has 2 aliphatic carbocycles. The molecule has 1 amide bonds. The van der Waals surface area contributed by atoms with E-state index >= 15 is 0 Å². The van der Waals surface area contributed by atoms with Crippen LogP contribution >= 0.6 is 0 Å². The summed E-state index contributed by atoms with van der Waals surface area (Å²) in [5.41, 5.74) is 1.33. The van der Waals surface area contributed by atoms with Crippen LogP contribution in [-0.2, 0) is 15.0 Å². The summed E-state index contributed by atoms with van der Waals surface area (Å²) in [5, 5.41) is 2.92. The van der Waals surface area contributed by atoms with Crippen LogP contribution in [0, 0.1) is 17.8 Å². The lowest BCUT2D eigenvalue weighted by Gasteiger charge is -2.21. The predicted octanol–water partition coefficient (Wildman–Crippen LogP) is 1.52. The predicted molar refractivity (Wildman–Crippen MR) is 93.0 cm³/mol. The number of fused-ring (bicyclic) bond motifs is 3. The molecule has 1 aliphatic heterocycles. The first kappa shape index (κ1) is 15.5. The van der Waals surface area contributed by atoms with E-state index in [4.69, 9.17) is 0 Å². The first-order valence-electron chi connectivity index (χ1n) is 8.30. The van der Waals surface area contributed by atoms with Crippen LogP contribution in [0.4, 0.5) is 11.4 Å². The highest BCUT2D eigenvalue weighted by atomic mass is 32.2. The fourth-order valence-corrected chi connectivity index (χ4v) is 5.49. The van der Waals surface area contributed by atoms with E-state index in [9.17, 15) is 13.2 Å². The molecule has 1 aromatic carbocycles. The van der Waals surface area contributed by atoms with Crippen LogP contribution in [0.3, 0.4) is 0 Å². The van der Waals surface area contributed by atoms with Crippen molar-refractivity contribution >= 4 is 27.5 Å². The topological polar surface area (TPSA) is 69.7 Å². The zero-order valence-electron chi connectivity index (χ0n) is 13.6. The number of anilines is 2. The van der Waals surface area contributed by atoms with Crippen LogP contribution in [0.25, 0.3) is 0 Å². The van der Waals surface area contributed by atoms with E-state index in [1.165, 1.54) is 8.61 Å². The Balaban J connectivity index is 1.41. The maximum Gasteiger partial charge on any atom is 0.326 e. The molecular weight excluding hydrogens is 326 g/mol. The lowest BCUT2D eigenvalue weighted by molar-refractivity contribution is -0.125. The highest BCUT2D eigenvalue weighted by Crippen LogP contribution is 2.43. The van der Waals surface area contributed by atoms with E-state index < -0.39 is 10.2 Å². The van der Waals surface area contributed by atoms with Gasteiger partial charge in [-0.05, 0) is 36.8 Å². The standard InChI is InChI=1S/C17H21N3O3S/c1-19-15-4-2-3-5-16(15)20(24(19,22)23)9-8-18-17(21)14-11-12-6-7-13(14)10-12/h2-7,12-14H,8-11H2,1H3,(H,18,21)/t12-,13-,14+/m0/s1. The van der Waals surface area contributed by atoms with E-state index in [0.717, 1.165) is 12.8 Å². The molecule has 0 unspecified atom stereocenters. The number of nitrogens with zero attached hydrogens (tertiary/aromatic N) is 2. The second kappa shape index (κ2) is 5.51. The first-order chi connectivity index (χ1) is 11.5. The third-order valence-corrected chi connectivity index (χ3v) is 7.17. The number of allylic oxidation sites excluding steroid dienone is 2. The Bertz CT molecular complexity index is 805. The van der Waals surface area contributed by atoms with Crippen LogP contribution in [0.2, 0.25) is 0 Å². The Morgan fingerprint density at radius 1 is 1.21 bits per heavy atom. The van der Waals surface area contributed by atoms with Crippen LogP contribution in [-0.4, -0.2) is 34.5 Å². The molecule has 0 saturated heterocycles. The molecule has 24 heavy (non-hydrogen) atoms. The Labute approximate surface area is 142 Å². The van der Waals surface area contributed by atoms with Gasteiger partial charge in [0.2, 0.25) is 5.91 Å². The third kappa shape index (κ3) is 2.30. The Kier molecular flexibility index (Phi) is 3.56. The molecule has 0 radical (unpaired) electrons. The van der Waals surface area contributed by atoms with Crippen molar-refractivity contribution in [2.24, 2.45) is 17.8 Å². The van der Waals surface area contributed by atoms with Gasteiger partial charge in [0.1, 0.15) is 0 Å². The average Bonchev–Trinajstić information content (AvgIpc) is 3.24. The number of benzene rings is 1. The summed E-state index contributed by atoms with van der Waals surface area (Å²) in [6.45, 7) is 0.559. The summed E-state index contributed by atoms with van der Waals surface area (Å²) in [5.74, 6) is 0.998. The van der Waals surface area contributed by atoms with Crippen molar-refractivity contribution in [1.82, 2.24) is 5.32 Å². The number of rotatable bonds is 4. The van der Waals surface area contributed by atoms with Crippen molar-refractivity contribution in [1.29, 1.82) is 0 Å². The molecule has 1 aromatic rings. The van der Waals surface area contributed by atoms with Gasteiger partial charge in [-0.1, -0.05) is 24.3 Å². The minimum absolute atomic E-state index is 0.0464. The van der Waals surface area contributed by atoms with Crippen molar-refractivity contribution in [2.45, 2.75) is 12.8 Å². The number of nitrogens with one attached hydrogen (secondary N) is 1. The quantitative estimate of drug-likeness (QED) is 0.840. The molecule has 3 atom stereocenters. The monoisotopic (exact) mass is 347 g/mol. The van der Waals surface area contributed by atoms with Gasteiger partial charge >= 0.3 is 10.2 Å². The van der Waals surface area contributed by atoms with Gasteiger partial charge in [-0.25, -0.2) is 4.31 Å². The summed E-state index contributed by atoms with van der Waals surface area (Å²) in [4.78, 5) is 12.4. The number of carbonyl (C=O) groups is 1. The normalized spacial score (nSPS) is 29.1. The molecule has 7 heteroatoms. The molecule has 1 heterocycles. The lowest BCUT2D eigenvalue weighted by Crippen LogP contribution is -2.42. The lowest BCUT2D eigenvalue weighted by atomic mass is 9.93. The van der Waals surface area contributed by atoms with Crippen molar-refractivity contribution in [3.05, 3.63) is 36.4 Å². The summed E-state index contributed by atoms with van der Waals surface area (Å²) in [6.07, 6.45) is 6.35. The summed E-state index contributed by atoms with van der Waals surface area (Å²) < 4.78 is 27.7. The fraction of sp³-hybridized carbons (Fsp3) is 0.471. The number of hydrogen-bond acceptors (Lipinski definition) is 3. The van der Waals surface area contributed by atoms with Gasteiger partial charge in [-0.3, -0.25) is 9.10 Å². The van der Waals surface area contributed by atoms with Gasteiger partial charge in [-0.2, -0.15) is 8.42 Å². The smallest absolute Gasteiger partial charge is 0.326 e. The third-order valence-electron chi connectivity index (χ3n) is 5.34. The maximum atomic E-state index is 12.5. The fourth-order valence-electron chi connectivity index (χ4n) is 4.07. The molecule has 3 aliphatic rings. The zero-order valence-corrected chi connectivity index (χ0v) is 14.4. The van der Waals surface area contributed by atoms with E-state index in [1.54, 1.807) is 19.2 Å².